The molecule has 8 heteroatoms. The topological polar surface area (TPSA) is 105 Å². The predicted molar refractivity (Wildman–Crippen MR) is 65.8 cm³/mol. The minimum absolute atomic E-state index is 0.00918. The fourth-order valence-corrected chi connectivity index (χ4v) is 2.11. The highest BCUT2D eigenvalue weighted by Crippen LogP contribution is 2.15. The highest BCUT2D eigenvalue weighted by atomic mass is 32.2. The number of methoxy groups -OCH3 is 1. The lowest BCUT2D eigenvalue weighted by Crippen LogP contribution is -2.33. The van der Waals surface area contributed by atoms with Gasteiger partial charge in [-0.05, 0) is 12.1 Å². The van der Waals surface area contributed by atoms with Crippen LogP contribution in [0.25, 0.3) is 0 Å². The SMILES string of the molecule is COCCNS(=O)(=O)Nc1ccccc1C(=O)O. The molecule has 0 unspecified atom stereocenters. The Morgan fingerprint density at radius 3 is 2.67 bits per heavy atom. The van der Waals surface area contributed by atoms with Crippen LogP contribution in [0, 0.1) is 0 Å². The van der Waals surface area contributed by atoms with Crippen LogP contribution in [0.15, 0.2) is 24.3 Å². The Balaban J connectivity index is 2.81. The zero-order valence-corrected chi connectivity index (χ0v) is 10.5. The summed E-state index contributed by atoms with van der Waals surface area (Å²) in [6.07, 6.45) is 0. The van der Waals surface area contributed by atoms with Crippen molar-refractivity contribution in [3.8, 4) is 0 Å². The van der Waals surface area contributed by atoms with Gasteiger partial charge in [-0.3, -0.25) is 4.72 Å². The fraction of sp³-hybridized carbons (Fsp3) is 0.300. The molecule has 0 amide bonds. The van der Waals surface area contributed by atoms with Crippen molar-refractivity contribution >= 4 is 21.9 Å². The first-order chi connectivity index (χ1) is 8.46. The molecule has 1 aromatic carbocycles. The first-order valence-corrected chi connectivity index (χ1v) is 6.53. The van der Waals surface area contributed by atoms with Crippen molar-refractivity contribution in [3.05, 3.63) is 29.8 Å². The van der Waals surface area contributed by atoms with Gasteiger partial charge in [0.2, 0.25) is 0 Å². The number of aromatic carboxylic acids is 1. The molecule has 0 spiro atoms. The van der Waals surface area contributed by atoms with E-state index in [4.69, 9.17) is 9.84 Å². The van der Waals surface area contributed by atoms with Gasteiger partial charge in [0.15, 0.2) is 0 Å². The number of hydrogen-bond acceptors (Lipinski definition) is 4. The Morgan fingerprint density at radius 2 is 2.06 bits per heavy atom. The van der Waals surface area contributed by atoms with Gasteiger partial charge in [-0.15, -0.1) is 0 Å². The fourth-order valence-electron chi connectivity index (χ4n) is 1.22. The zero-order chi connectivity index (χ0) is 13.6. The maximum atomic E-state index is 11.6. The van der Waals surface area contributed by atoms with Crippen molar-refractivity contribution < 1.29 is 23.1 Å². The highest BCUT2D eigenvalue weighted by molar-refractivity contribution is 7.90. The third kappa shape index (κ3) is 4.32. The third-order valence-electron chi connectivity index (χ3n) is 2.00. The van der Waals surface area contributed by atoms with Crippen LogP contribution < -0.4 is 9.44 Å². The first kappa shape index (κ1) is 14.4. The summed E-state index contributed by atoms with van der Waals surface area (Å²) < 4.78 is 32.2. The van der Waals surface area contributed by atoms with E-state index >= 15 is 0 Å². The minimum atomic E-state index is -3.81. The monoisotopic (exact) mass is 274 g/mol. The molecule has 0 fully saturated rings. The van der Waals surface area contributed by atoms with Crippen LogP contribution in [0.2, 0.25) is 0 Å². The molecule has 3 N–H and O–H groups in total. The van der Waals surface area contributed by atoms with E-state index in [1.165, 1.54) is 25.3 Å². The number of rotatable bonds is 7. The van der Waals surface area contributed by atoms with Gasteiger partial charge in [-0.1, -0.05) is 12.1 Å². The Kier molecular flexibility index (Phi) is 5.08. The summed E-state index contributed by atoms with van der Waals surface area (Å²) in [5.74, 6) is -1.20. The van der Waals surface area contributed by atoms with E-state index in [9.17, 15) is 13.2 Å². The molecule has 100 valence electrons. The molecule has 0 aliphatic heterocycles. The molecule has 0 saturated heterocycles. The van der Waals surface area contributed by atoms with Gasteiger partial charge < -0.3 is 9.84 Å². The number of para-hydroxylation sites is 1. The lowest BCUT2D eigenvalue weighted by Gasteiger charge is -2.10. The highest BCUT2D eigenvalue weighted by Gasteiger charge is 2.14. The average Bonchev–Trinajstić information content (AvgIpc) is 2.29. The van der Waals surface area contributed by atoms with Crippen molar-refractivity contribution in [2.75, 3.05) is 25.0 Å². The normalized spacial score (nSPS) is 11.2. The van der Waals surface area contributed by atoms with Crippen LogP contribution in [0.1, 0.15) is 10.4 Å². The summed E-state index contributed by atoms with van der Waals surface area (Å²) in [5, 5.41) is 8.90. The van der Waals surface area contributed by atoms with E-state index in [0.717, 1.165) is 0 Å². The summed E-state index contributed by atoms with van der Waals surface area (Å²) >= 11 is 0. The van der Waals surface area contributed by atoms with Crippen molar-refractivity contribution in [1.82, 2.24) is 4.72 Å². The lowest BCUT2D eigenvalue weighted by atomic mass is 10.2. The number of carbonyl (C=O) groups is 1. The molecular weight excluding hydrogens is 260 g/mol. The van der Waals surface area contributed by atoms with Gasteiger partial charge in [0.1, 0.15) is 0 Å². The van der Waals surface area contributed by atoms with Crippen LogP contribution in [0.3, 0.4) is 0 Å². The maximum Gasteiger partial charge on any atom is 0.337 e. The molecule has 0 atom stereocenters. The Bertz CT molecular complexity index is 515. The van der Waals surface area contributed by atoms with E-state index in [1.807, 2.05) is 0 Å². The van der Waals surface area contributed by atoms with Gasteiger partial charge in [0.25, 0.3) is 10.2 Å². The molecule has 0 bridgehead atoms. The maximum absolute atomic E-state index is 11.6. The van der Waals surface area contributed by atoms with Gasteiger partial charge in [0.05, 0.1) is 17.9 Å². The second-order valence-corrected chi connectivity index (χ2v) is 4.84. The van der Waals surface area contributed by atoms with Crippen LogP contribution >= 0.6 is 0 Å². The van der Waals surface area contributed by atoms with Crippen LogP contribution in [-0.2, 0) is 14.9 Å². The van der Waals surface area contributed by atoms with E-state index in [2.05, 4.69) is 9.44 Å². The van der Waals surface area contributed by atoms with Crippen LogP contribution in [-0.4, -0.2) is 39.8 Å². The number of ether oxygens (including phenoxy) is 1. The summed E-state index contributed by atoms with van der Waals surface area (Å²) in [7, 11) is -2.36. The Hall–Kier alpha value is -1.64. The summed E-state index contributed by atoms with van der Waals surface area (Å²) in [6, 6.07) is 5.74. The van der Waals surface area contributed by atoms with Gasteiger partial charge in [-0.25, -0.2) is 4.79 Å². The number of carboxylic acids is 1. The van der Waals surface area contributed by atoms with Crippen molar-refractivity contribution in [2.45, 2.75) is 0 Å². The number of anilines is 1. The molecule has 0 heterocycles. The largest absolute Gasteiger partial charge is 0.478 e. The Labute approximate surface area is 105 Å². The van der Waals surface area contributed by atoms with E-state index in [1.54, 1.807) is 6.07 Å². The molecule has 7 nitrogen and oxygen atoms in total. The summed E-state index contributed by atoms with van der Waals surface area (Å²) in [4.78, 5) is 10.9. The molecule has 0 saturated carbocycles. The van der Waals surface area contributed by atoms with Crippen LogP contribution in [0.4, 0.5) is 5.69 Å². The number of carboxylic acid groups (broad SMARTS) is 1. The number of benzene rings is 1. The molecule has 1 aromatic rings. The van der Waals surface area contributed by atoms with Crippen molar-refractivity contribution in [2.24, 2.45) is 0 Å². The van der Waals surface area contributed by atoms with Crippen LogP contribution in [0.5, 0.6) is 0 Å². The van der Waals surface area contributed by atoms with Crippen molar-refractivity contribution in [3.63, 3.8) is 0 Å². The Morgan fingerprint density at radius 1 is 1.39 bits per heavy atom. The summed E-state index contributed by atoms with van der Waals surface area (Å²) in [5.41, 5.74) is -0.107. The molecule has 0 aromatic heterocycles. The van der Waals surface area contributed by atoms with Gasteiger partial charge in [0, 0.05) is 13.7 Å². The smallest absolute Gasteiger partial charge is 0.337 e. The minimum Gasteiger partial charge on any atom is -0.478 e. The van der Waals surface area contributed by atoms with E-state index < -0.39 is 16.2 Å². The lowest BCUT2D eigenvalue weighted by molar-refractivity contribution is 0.0698. The number of nitrogens with one attached hydrogen (secondary N) is 2. The molecular formula is C10H14N2O5S. The predicted octanol–water partition coefficient (Wildman–Crippen LogP) is 0.277. The molecule has 0 radical (unpaired) electrons. The summed E-state index contributed by atoms with van der Waals surface area (Å²) in [6.45, 7) is 0.322. The van der Waals surface area contributed by atoms with Gasteiger partial charge >= 0.3 is 5.97 Å². The molecule has 1 rings (SSSR count). The molecule has 0 aliphatic carbocycles. The second-order valence-electron chi connectivity index (χ2n) is 3.34. The average molecular weight is 274 g/mol. The zero-order valence-electron chi connectivity index (χ0n) is 9.71. The third-order valence-corrected chi connectivity index (χ3v) is 3.07. The van der Waals surface area contributed by atoms with E-state index in [-0.39, 0.29) is 24.4 Å². The second kappa shape index (κ2) is 6.34. The van der Waals surface area contributed by atoms with E-state index in [0.29, 0.717) is 0 Å². The first-order valence-electron chi connectivity index (χ1n) is 5.05. The molecule has 0 aliphatic rings. The standard InChI is InChI=1S/C10H14N2O5S/c1-17-7-6-11-18(15,16)12-9-5-3-2-4-8(9)10(13)14/h2-5,11-12H,6-7H2,1H3,(H,13,14). The quantitative estimate of drug-likeness (QED) is 0.619. The number of hydrogen-bond donors (Lipinski definition) is 3. The van der Waals surface area contributed by atoms with Gasteiger partial charge in [-0.2, -0.15) is 13.1 Å². The van der Waals surface area contributed by atoms with Crippen molar-refractivity contribution in [1.29, 1.82) is 0 Å². The molecule has 18 heavy (non-hydrogen) atoms.